The van der Waals surface area contributed by atoms with Gasteiger partial charge < -0.3 is 19.9 Å². The molecule has 1 amide bonds. The molecule has 0 fully saturated rings. The Kier molecular flexibility index (Phi) is 5.40. The molecule has 0 unspecified atom stereocenters. The van der Waals surface area contributed by atoms with E-state index in [-0.39, 0.29) is 11.7 Å². The number of phenols is 1. The smallest absolute Gasteiger partial charge is 0.224 e. The van der Waals surface area contributed by atoms with Crippen molar-refractivity contribution in [3.63, 3.8) is 0 Å². The van der Waals surface area contributed by atoms with Gasteiger partial charge in [0.25, 0.3) is 0 Å². The SMILES string of the molecule is CCC(=O)Nc1ccc(C)c2nc(-c3cc(OC)c(O)c(OC)c3)cc(C)c12. The Balaban J connectivity index is 2.23. The summed E-state index contributed by atoms with van der Waals surface area (Å²) < 4.78 is 10.5. The summed E-state index contributed by atoms with van der Waals surface area (Å²) in [5.74, 6) is 0.540. The zero-order chi connectivity index (χ0) is 20.4. The van der Waals surface area contributed by atoms with Crippen molar-refractivity contribution in [2.75, 3.05) is 19.5 Å². The van der Waals surface area contributed by atoms with E-state index in [4.69, 9.17) is 14.5 Å². The first-order chi connectivity index (χ1) is 13.4. The third-order valence-electron chi connectivity index (χ3n) is 4.73. The fourth-order valence-electron chi connectivity index (χ4n) is 3.20. The number of phenolic OH excluding ortho intramolecular Hbond substituents is 1. The molecule has 0 saturated carbocycles. The summed E-state index contributed by atoms with van der Waals surface area (Å²) in [5.41, 5.74) is 5.05. The predicted molar refractivity (Wildman–Crippen MR) is 110 cm³/mol. The molecule has 3 rings (SSSR count). The molecular weight excluding hydrogens is 356 g/mol. The number of nitrogens with zero attached hydrogens (tertiary/aromatic N) is 1. The van der Waals surface area contributed by atoms with Crippen LogP contribution in [0.25, 0.3) is 22.2 Å². The molecule has 3 aromatic rings. The average Bonchev–Trinajstić information content (AvgIpc) is 2.69. The number of methoxy groups -OCH3 is 2. The van der Waals surface area contributed by atoms with E-state index in [1.165, 1.54) is 14.2 Å². The van der Waals surface area contributed by atoms with Crippen molar-refractivity contribution < 1.29 is 19.4 Å². The third-order valence-corrected chi connectivity index (χ3v) is 4.73. The highest BCUT2D eigenvalue weighted by Gasteiger charge is 2.16. The lowest BCUT2D eigenvalue weighted by Gasteiger charge is -2.15. The van der Waals surface area contributed by atoms with Crippen LogP contribution in [0.3, 0.4) is 0 Å². The van der Waals surface area contributed by atoms with Crippen LogP contribution in [-0.2, 0) is 4.79 Å². The lowest BCUT2D eigenvalue weighted by Crippen LogP contribution is -2.10. The molecule has 0 saturated heterocycles. The first-order valence-corrected chi connectivity index (χ1v) is 9.05. The van der Waals surface area contributed by atoms with Crippen LogP contribution in [0, 0.1) is 13.8 Å². The summed E-state index contributed by atoms with van der Waals surface area (Å²) in [5, 5.41) is 14.0. The van der Waals surface area contributed by atoms with Crippen LogP contribution < -0.4 is 14.8 Å². The summed E-state index contributed by atoms with van der Waals surface area (Å²) in [7, 11) is 2.98. The molecular formula is C22H24N2O4. The summed E-state index contributed by atoms with van der Waals surface area (Å²) in [6.07, 6.45) is 0.410. The van der Waals surface area contributed by atoms with Crippen LogP contribution in [0.15, 0.2) is 30.3 Å². The number of ether oxygens (including phenoxy) is 2. The van der Waals surface area contributed by atoms with Gasteiger partial charge in [0, 0.05) is 17.4 Å². The molecule has 0 spiro atoms. The number of fused-ring (bicyclic) bond motifs is 1. The molecule has 0 aliphatic rings. The normalized spacial score (nSPS) is 10.8. The predicted octanol–water partition coefficient (Wildman–Crippen LogP) is 4.59. The number of pyridine rings is 1. The van der Waals surface area contributed by atoms with Crippen LogP contribution in [0.5, 0.6) is 17.2 Å². The molecule has 0 radical (unpaired) electrons. The lowest BCUT2D eigenvalue weighted by molar-refractivity contribution is -0.115. The minimum atomic E-state index is -0.0491. The summed E-state index contributed by atoms with van der Waals surface area (Å²) in [4.78, 5) is 16.7. The van der Waals surface area contributed by atoms with Crippen LogP contribution in [0.4, 0.5) is 5.69 Å². The van der Waals surface area contributed by atoms with Gasteiger partial charge in [0.1, 0.15) is 0 Å². The van der Waals surface area contributed by atoms with Crippen LogP contribution in [0.1, 0.15) is 24.5 Å². The second-order valence-corrected chi connectivity index (χ2v) is 6.61. The number of hydrogen-bond acceptors (Lipinski definition) is 5. The van der Waals surface area contributed by atoms with E-state index in [0.717, 1.165) is 39.0 Å². The monoisotopic (exact) mass is 380 g/mol. The quantitative estimate of drug-likeness (QED) is 0.677. The number of carbonyl (C=O) groups excluding carboxylic acids is 1. The van der Waals surface area contributed by atoms with Crippen molar-refractivity contribution >= 4 is 22.5 Å². The summed E-state index contributed by atoms with van der Waals surface area (Å²) >= 11 is 0. The molecule has 28 heavy (non-hydrogen) atoms. The highest BCUT2D eigenvalue weighted by Crippen LogP contribution is 2.41. The zero-order valence-corrected chi connectivity index (χ0v) is 16.7. The van der Waals surface area contributed by atoms with E-state index in [2.05, 4.69) is 5.32 Å². The van der Waals surface area contributed by atoms with E-state index in [1.807, 2.05) is 39.0 Å². The molecule has 1 aromatic heterocycles. The second kappa shape index (κ2) is 7.76. The van der Waals surface area contributed by atoms with Gasteiger partial charge in [-0.2, -0.15) is 0 Å². The fraction of sp³-hybridized carbons (Fsp3) is 0.273. The Labute approximate surface area is 164 Å². The number of amides is 1. The Morgan fingerprint density at radius 1 is 1.07 bits per heavy atom. The maximum absolute atomic E-state index is 11.9. The number of hydrogen-bond donors (Lipinski definition) is 2. The maximum atomic E-state index is 11.9. The molecule has 6 heteroatoms. The van der Waals surface area contributed by atoms with Gasteiger partial charge in [0.2, 0.25) is 11.7 Å². The second-order valence-electron chi connectivity index (χ2n) is 6.61. The van der Waals surface area contributed by atoms with Gasteiger partial charge in [-0.3, -0.25) is 4.79 Å². The number of rotatable bonds is 5. The van der Waals surface area contributed by atoms with Crippen molar-refractivity contribution in [2.24, 2.45) is 0 Å². The average molecular weight is 380 g/mol. The Morgan fingerprint density at radius 3 is 2.29 bits per heavy atom. The van der Waals surface area contributed by atoms with E-state index in [9.17, 15) is 9.90 Å². The van der Waals surface area contributed by atoms with Crippen molar-refractivity contribution in [2.45, 2.75) is 27.2 Å². The summed E-state index contributed by atoms with van der Waals surface area (Å²) in [6.45, 7) is 5.80. The molecule has 0 aliphatic heterocycles. The molecule has 0 atom stereocenters. The van der Waals surface area contributed by atoms with Crippen molar-refractivity contribution in [3.05, 3.63) is 41.5 Å². The Hall–Kier alpha value is -3.28. The van der Waals surface area contributed by atoms with Crippen molar-refractivity contribution in [3.8, 4) is 28.5 Å². The minimum Gasteiger partial charge on any atom is -0.502 e. The van der Waals surface area contributed by atoms with Gasteiger partial charge in [-0.05, 0) is 49.2 Å². The van der Waals surface area contributed by atoms with Crippen molar-refractivity contribution in [1.29, 1.82) is 0 Å². The fourth-order valence-corrected chi connectivity index (χ4v) is 3.20. The number of carbonyl (C=O) groups is 1. The van der Waals surface area contributed by atoms with Gasteiger partial charge in [-0.25, -0.2) is 4.98 Å². The molecule has 2 N–H and O–H groups in total. The number of anilines is 1. The van der Waals surface area contributed by atoms with Crippen molar-refractivity contribution in [1.82, 2.24) is 4.98 Å². The van der Waals surface area contributed by atoms with Gasteiger partial charge in [0.05, 0.1) is 31.1 Å². The lowest BCUT2D eigenvalue weighted by atomic mass is 10.0. The van der Waals surface area contributed by atoms with E-state index >= 15 is 0 Å². The highest BCUT2D eigenvalue weighted by molar-refractivity contribution is 6.04. The van der Waals surface area contributed by atoms with E-state index in [1.54, 1.807) is 12.1 Å². The van der Waals surface area contributed by atoms with Gasteiger partial charge in [-0.15, -0.1) is 0 Å². The summed E-state index contributed by atoms with van der Waals surface area (Å²) in [6, 6.07) is 9.26. The number of aromatic hydroxyl groups is 1. The minimum absolute atomic E-state index is 0.0402. The number of benzene rings is 2. The molecule has 2 aromatic carbocycles. The van der Waals surface area contributed by atoms with Gasteiger partial charge in [-0.1, -0.05) is 13.0 Å². The zero-order valence-electron chi connectivity index (χ0n) is 16.7. The van der Waals surface area contributed by atoms with Crippen LogP contribution in [0.2, 0.25) is 0 Å². The maximum Gasteiger partial charge on any atom is 0.224 e. The number of aryl methyl sites for hydroxylation is 2. The first kappa shape index (κ1) is 19.5. The third kappa shape index (κ3) is 3.45. The topological polar surface area (TPSA) is 80.7 Å². The first-order valence-electron chi connectivity index (χ1n) is 9.05. The van der Waals surface area contributed by atoms with Crippen LogP contribution >= 0.6 is 0 Å². The Morgan fingerprint density at radius 2 is 1.71 bits per heavy atom. The standard InChI is InChI=1S/C22H24N2O4/c1-6-19(25)23-15-8-7-12(2)21-20(15)13(3)9-16(24-21)14-10-17(27-4)22(26)18(11-14)28-5/h7-11,26H,6H2,1-5H3,(H,23,25). The Bertz CT molecular complexity index is 1040. The van der Waals surface area contributed by atoms with E-state index in [0.29, 0.717) is 17.9 Å². The molecule has 1 heterocycles. The molecule has 0 bridgehead atoms. The van der Waals surface area contributed by atoms with Gasteiger partial charge >= 0.3 is 0 Å². The number of aromatic nitrogens is 1. The molecule has 0 aliphatic carbocycles. The largest absolute Gasteiger partial charge is 0.502 e. The highest BCUT2D eigenvalue weighted by atomic mass is 16.5. The number of nitrogens with one attached hydrogen (secondary N) is 1. The van der Waals surface area contributed by atoms with E-state index < -0.39 is 0 Å². The van der Waals surface area contributed by atoms with Gasteiger partial charge in [0.15, 0.2) is 11.5 Å². The molecule has 6 nitrogen and oxygen atoms in total. The van der Waals surface area contributed by atoms with Crippen LogP contribution in [-0.4, -0.2) is 30.2 Å². The molecule has 146 valence electrons.